The van der Waals surface area contributed by atoms with Crippen molar-refractivity contribution in [2.45, 2.75) is 45.4 Å². The first-order valence-electron chi connectivity index (χ1n) is 10.1. The molecule has 2 fully saturated rings. The maximum Gasteiger partial charge on any atom is 0.407 e. The molecule has 3 aromatic rings. The van der Waals surface area contributed by atoms with Gasteiger partial charge in [0.25, 0.3) is 0 Å². The van der Waals surface area contributed by atoms with Gasteiger partial charge in [0.15, 0.2) is 0 Å². The van der Waals surface area contributed by atoms with Gasteiger partial charge in [0.2, 0.25) is 5.95 Å². The van der Waals surface area contributed by atoms with Crippen LogP contribution in [0, 0.1) is 6.92 Å². The Kier molecular flexibility index (Phi) is 4.41. The fraction of sp³-hybridized carbons (Fsp3) is 0.450. The molecule has 0 bridgehead atoms. The molecule has 0 saturated carbocycles. The number of imidazole rings is 1. The number of carbonyl (C=O) groups excluding carboxylic acids is 1. The molecule has 5 heterocycles. The highest BCUT2D eigenvalue weighted by Gasteiger charge is 2.39. The number of aryl methyl sites for hydroxylation is 1. The molecule has 3 aromatic heterocycles. The van der Waals surface area contributed by atoms with Gasteiger partial charge >= 0.3 is 6.09 Å². The normalized spacial score (nSPS) is 20.9. The highest BCUT2D eigenvalue weighted by molar-refractivity contribution is 5.79. The average molecular weight is 408 g/mol. The second-order valence-corrected chi connectivity index (χ2v) is 7.98. The van der Waals surface area contributed by atoms with Gasteiger partial charge in [-0.3, -0.25) is 0 Å². The van der Waals surface area contributed by atoms with E-state index in [1.165, 1.54) is 0 Å². The van der Waals surface area contributed by atoms with Crippen molar-refractivity contribution >= 4 is 34.7 Å². The number of nitrogens with one attached hydrogen (secondary N) is 2. The minimum atomic E-state index is -0.347. The van der Waals surface area contributed by atoms with Crippen LogP contribution >= 0.6 is 0 Å². The second-order valence-electron chi connectivity index (χ2n) is 7.98. The Bertz CT molecular complexity index is 1110. The summed E-state index contributed by atoms with van der Waals surface area (Å²) in [7, 11) is 0. The average Bonchev–Trinajstić information content (AvgIpc) is 3.25. The molecule has 0 radical (unpaired) electrons. The first-order valence-corrected chi connectivity index (χ1v) is 10.1. The number of fused-ring (bicyclic) bond motifs is 2. The predicted molar refractivity (Wildman–Crippen MR) is 112 cm³/mol. The minimum absolute atomic E-state index is 0.0323. The van der Waals surface area contributed by atoms with Gasteiger partial charge in [0.05, 0.1) is 17.8 Å². The van der Waals surface area contributed by atoms with Crippen LogP contribution in [0.5, 0.6) is 0 Å². The van der Waals surface area contributed by atoms with E-state index in [2.05, 4.69) is 53.9 Å². The topological polar surface area (TPSA) is 110 Å². The van der Waals surface area contributed by atoms with Crippen LogP contribution in [-0.4, -0.2) is 55.8 Å². The smallest absolute Gasteiger partial charge is 0.407 e. The fourth-order valence-corrected chi connectivity index (χ4v) is 4.26. The zero-order valence-corrected chi connectivity index (χ0v) is 17.2. The number of carbonyl (C=O) groups is 1. The van der Waals surface area contributed by atoms with Gasteiger partial charge in [-0.15, -0.1) is 0 Å². The molecule has 5 rings (SSSR count). The number of pyridine rings is 1. The molecular weight excluding hydrogens is 384 g/mol. The first-order chi connectivity index (χ1) is 14.5. The molecule has 2 saturated heterocycles. The van der Waals surface area contributed by atoms with Crippen molar-refractivity contribution in [2.24, 2.45) is 0 Å². The second kappa shape index (κ2) is 7.12. The summed E-state index contributed by atoms with van der Waals surface area (Å²) >= 11 is 0. The first kappa shape index (κ1) is 18.6. The van der Waals surface area contributed by atoms with E-state index in [1.54, 1.807) is 12.4 Å². The zero-order valence-electron chi connectivity index (χ0n) is 17.2. The summed E-state index contributed by atoms with van der Waals surface area (Å²) in [6.45, 7) is 7.64. The van der Waals surface area contributed by atoms with Crippen LogP contribution in [0.3, 0.4) is 0 Å². The van der Waals surface area contributed by atoms with Crippen molar-refractivity contribution in [1.29, 1.82) is 0 Å². The molecule has 156 valence electrons. The van der Waals surface area contributed by atoms with Crippen LogP contribution in [-0.2, 0) is 4.74 Å². The Morgan fingerprint density at radius 1 is 1.27 bits per heavy atom. The number of hydrogen-bond acceptors (Lipinski definition) is 8. The fourth-order valence-electron chi connectivity index (χ4n) is 4.26. The van der Waals surface area contributed by atoms with Crippen LogP contribution < -0.4 is 15.5 Å². The SMILES string of the molecule is Cc1nc2cnc(Nc3ccnc(N4CCC5OC(=O)NC5C4)n3)cc2n1C(C)C. The minimum Gasteiger partial charge on any atom is -0.444 e. The van der Waals surface area contributed by atoms with Crippen LogP contribution in [0.15, 0.2) is 24.5 Å². The number of anilines is 3. The van der Waals surface area contributed by atoms with Crippen molar-refractivity contribution in [2.75, 3.05) is 23.3 Å². The van der Waals surface area contributed by atoms with E-state index in [1.807, 2.05) is 19.1 Å². The van der Waals surface area contributed by atoms with Gasteiger partial charge in [0, 0.05) is 37.8 Å². The Labute approximate surface area is 173 Å². The van der Waals surface area contributed by atoms with E-state index in [0.29, 0.717) is 30.2 Å². The molecule has 0 aliphatic carbocycles. The number of nitrogens with zero attached hydrogens (tertiary/aromatic N) is 6. The molecule has 2 N–H and O–H groups in total. The largest absolute Gasteiger partial charge is 0.444 e. The van der Waals surface area contributed by atoms with Gasteiger partial charge in [-0.05, 0) is 26.8 Å². The number of piperidine rings is 1. The van der Waals surface area contributed by atoms with E-state index in [4.69, 9.17) is 4.74 Å². The Balaban J connectivity index is 1.37. The monoisotopic (exact) mass is 408 g/mol. The molecule has 10 heteroatoms. The Morgan fingerprint density at radius 3 is 2.97 bits per heavy atom. The summed E-state index contributed by atoms with van der Waals surface area (Å²) < 4.78 is 7.46. The molecule has 2 aliphatic rings. The lowest BCUT2D eigenvalue weighted by molar-refractivity contribution is 0.121. The molecule has 2 aliphatic heterocycles. The summed E-state index contributed by atoms with van der Waals surface area (Å²) in [5.41, 5.74) is 1.91. The van der Waals surface area contributed by atoms with Crippen molar-refractivity contribution in [1.82, 2.24) is 29.8 Å². The molecular formula is C20H24N8O2. The zero-order chi connectivity index (χ0) is 20.8. The highest BCUT2D eigenvalue weighted by Crippen LogP contribution is 2.25. The van der Waals surface area contributed by atoms with Crippen molar-refractivity contribution in [3.05, 3.63) is 30.4 Å². The summed E-state index contributed by atoms with van der Waals surface area (Å²) in [6.07, 6.45) is 3.84. The molecule has 0 aromatic carbocycles. The van der Waals surface area contributed by atoms with Crippen LogP contribution in [0.2, 0.25) is 0 Å². The van der Waals surface area contributed by atoms with Gasteiger partial charge in [-0.1, -0.05) is 0 Å². The van der Waals surface area contributed by atoms with Crippen molar-refractivity contribution < 1.29 is 9.53 Å². The third-order valence-electron chi connectivity index (χ3n) is 5.56. The van der Waals surface area contributed by atoms with E-state index < -0.39 is 0 Å². The van der Waals surface area contributed by atoms with Gasteiger partial charge < -0.3 is 24.8 Å². The summed E-state index contributed by atoms with van der Waals surface area (Å²) in [6, 6.07) is 4.08. The summed E-state index contributed by atoms with van der Waals surface area (Å²) in [4.78, 5) is 31.7. The van der Waals surface area contributed by atoms with Crippen molar-refractivity contribution in [3.63, 3.8) is 0 Å². The molecule has 30 heavy (non-hydrogen) atoms. The number of amides is 1. The maximum atomic E-state index is 11.5. The lowest BCUT2D eigenvalue weighted by atomic mass is 10.0. The van der Waals surface area contributed by atoms with Crippen LogP contribution in [0.1, 0.15) is 32.1 Å². The van der Waals surface area contributed by atoms with Crippen molar-refractivity contribution in [3.8, 4) is 0 Å². The molecule has 2 atom stereocenters. The Morgan fingerprint density at radius 2 is 2.13 bits per heavy atom. The summed E-state index contributed by atoms with van der Waals surface area (Å²) in [5.74, 6) is 2.94. The predicted octanol–water partition coefficient (Wildman–Crippen LogP) is 2.54. The van der Waals surface area contributed by atoms with E-state index in [9.17, 15) is 4.79 Å². The number of aromatic nitrogens is 5. The lowest BCUT2D eigenvalue weighted by Crippen LogP contribution is -2.49. The molecule has 2 unspecified atom stereocenters. The van der Waals surface area contributed by atoms with Gasteiger partial charge in [0.1, 0.15) is 29.1 Å². The van der Waals surface area contributed by atoms with Gasteiger partial charge in [-0.25, -0.2) is 19.7 Å². The van der Waals surface area contributed by atoms with E-state index in [-0.39, 0.29) is 18.2 Å². The van der Waals surface area contributed by atoms with Gasteiger partial charge in [-0.2, -0.15) is 4.98 Å². The third-order valence-corrected chi connectivity index (χ3v) is 5.56. The standard InChI is InChI=1S/C20H24N8O2/c1-11(2)28-12(3)23-13-9-22-18(8-15(13)28)25-17-4-6-21-19(26-17)27-7-5-16-14(10-27)24-20(29)30-16/h4,6,8-9,11,14,16H,5,7,10H2,1-3H3,(H,24,29)(H,21,22,25,26). The number of ether oxygens (including phenoxy) is 1. The third kappa shape index (κ3) is 3.27. The van der Waals surface area contributed by atoms with E-state index in [0.717, 1.165) is 29.8 Å². The summed E-state index contributed by atoms with van der Waals surface area (Å²) in [5, 5.41) is 6.13. The number of alkyl carbamates (subject to hydrolysis) is 1. The lowest BCUT2D eigenvalue weighted by Gasteiger charge is -2.32. The quantitative estimate of drug-likeness (QED) is 0.678. The van der Waals surface area contributed by atoms with Crippen LogP contribution in [0.4, 0.5) is 22.4 Å². The molecule has 0 spiro atoms. The molecule has 1 amide bonds. The maximum absolute atomic E-state index is 11.5. The molecule has 10 nitrogen and oxygen atoms in total. The highest BCUT2D eigenvalue weighted by atomic mass is 16.6. The Hall–Kier alpha value is -3.43. The van der Waals surface area contributed by atoms with Crippen LogP contribution in [0.25, 0.3) is 11.0 Å². The van der Waals surface area contributed by atoms with E-state index >= 15 is 0 Å². The number of rotatable bonds is 4. The number of hydrogen-bond donors (Lipinski definition) is 2.